The average molecular weight is 518 g/mol. The van der Waals surface area contributed by atoms with E-state index >= 15 is 0 Å². The summed E-state index contributed by atoms with van der Waals surface area (Å²) in [7, 11) is 1.54. The molecule has 4 rings (SSSR count). The van der Waals surface area contributed by atoms with Crippen LogP contribution < -0.4 is 20.1 Å². The number of hydrogen-bond acceptors (Lipinski definition) is 6. The minimum atomic E-state index is -0.721. The van der Waals surface area contributed by atoms with Crippen LogP contribution >= 0.6 is 0 Å². The topological polar surface area (TPSA) is 114 Å². The zero-order chi connectivity index (χ0) is 27.1. The number of urea groups is 1. The van der Waals surface area contributed by atoms with E-state index in [1.165, 1.54) is 18.6 Å². The Balaban J connectivity index is 1.48. The summed E-state index contributed by atoms with van der Waals surface area (Å²) in [5.74, 6) is -0.314. The van der Waals surface area contributed by atoms with Gasteiger partial charge in [-0.1, -0.05) is 17.7 Å². The predicted molar refractivity (Wildman–Crippen MR) is 142 cm³/mol. The molecule has 0 saturated carbocycles. The minimum absolute atomic E-state index is 0.104. The first-order valence-corrected chi connectivity index (χ1v) is 12.6. The fraction of sp³-hybridized carbons (Fsp3) is 0.310. The zero-order valence-electron chi connectivity index (χ0n) is 21.5. The maximum Gasteiger partial charge on any atom is 0.331 e. The second-order valence-electron chi connectivity index (χ2n) is 9.20. The van der Waals surface area contributed by atoms with E-state index in [1.807, 2.05) is 0 Å². The highest BCUT2D eigenvalue weighted by Crippen LogP contribution is 2.26. The maximum atomic E-state index is 13.1. The highest BCUT2D eigenvalue weighted by Gasteiger charge is 2.35. The van der Waals surface area contributed by atoms with Gasteiger partial charge in [-0.15, -0.1) is 0 Å². The molecule has 1 aliphatic heterocycles. The Morgan fingerprint density at radius 3 is 2.58 bits per heavy atom. The lowest BCUT2D eigenvalue weighted by Gasteiger charge is -2.27. The van der Waals surface area contributed by atoms with Gasteiger partial charge in [0.1, 0.15) is 23.7 Å². The third kappa shape index (κ3) is 6.67. The number of allylic oxidation sites excluding steroid dienone is 1. The molecule has 0 spiro atoms. The number of benzene rings is 2. The molecule has 9 nitrogen and oxygen atoms in total. The molecule has 198 valence electrons. The van der Waals surface area contributed by atoms with E-state index in [0.717, 1.165) is 30.6 Å². The van der Waals surface area contributed by atoms with Gasteiger partial charge in [-0.3, -0.25) is 24.6 Å². The standard InChI is InChI=1S/C29H31N3O6/c1-19(33)30-23-9-11-24(12-10-23)38-18-22-16-21(8-13-26(22)37-2)17-25-27(34)31-29(36)32(28(25)35)15-14-20-6-4-3-5-7-20/h6,8-13,16-17H,3-5,7,14-15,18H2,1-2H3,(H,30,33)(H,31,34,36)/b25-17-. The van der Waals surface area contributed by atoms with E-state index in [2.05, 4.69) is 16.7 Å². The molecule has 1 fully saturated rings. The van der Waals surface area contributed by atoms with Crippen LogP contribution in [0.2, 0.25) is 0 Å². The van der Waals surface area contributed by atoms with E-state index in [1.54, 1.807) is 49.6 Å². The fourth-order valence-electron chi connectivity index (χ4n) is 4.45. The lowest BCUT2D eigenvalue weighted by atomic mass is 9.97. The number of hydrogen-bond donors (Lipinski definition) is 2. The van der Waals surface area contributed by atoms with Crippen molar-refractivity contribution in [1.82, 2.24) is 10.2 Å². The van der Waals surface area contributed by atoms with Crippen LogP contribution in [0.5, 0.6) is 11.5 Å². The van der Waals surface area contributed by atoms with Crippen molar-refractivity contribution >= 4 is 35.5 Å². The Morgan fingerprint density at radius 2 is 1.89 bits per heavy atom. The van der Waals surface area contributed by atoms with Gasteiger partial charge in [0, 0.05) is 24.7 Å². The van der Waals surface area contributed by atoms with E-state index in [0.29, 0.717) is 34.7 Å². The number of imide groups is 2. The molecule has 2 N–H and O–H groups in total. The van der Waals surface area contributed by atoms with Crippen LogP contribution in [0.1, 0.15) is 50.2 Å². The summed E-state index contributed by atoms with van der Waals surface area (Å²) in [5, 5.41) is 4.98. The molecule has 0 atom stereocenters. The van der Waals surface area contributed by atoms with Crippen molar-refractivity contribution < 1.29 is 28.7 Å². The molecule has 2 aliphatic rings. The van der Waals surface area contributed by atoms with Gasteiger partial charge >= 0.3 is 6.03 Å². The largest absolute Gasteiger partial charge is 0.496 e. The van der Waals surface area contributed by atoms with Crippen molar-refractivity contribution in [2.24, 2.45) is 0 Å². The molecule has 9 heteroatoms. The number of methoxy groups -OCH3 is 1. The van der Waals surface area contributed by atoms with Gasteiger partial charge in [0.2, 0.25) is 5.91 Å². The van der Waals surface area contributed by atoms with Gasteiger partial charge in [0.15, 0.2) is 0 Å². The molecule has 0 unspecified atom stereocenters. The van der Waals surface area contributed by atoms with Crippen LogP contribution in [-0.2, 0) is 21.0 Å². The van der Waals surface area contributed by atoms with E-state index in [-0.39, 0.29) is 24.6 Å². The average Bonchev–Trinajstić information content (AvgIpc) is 2.91. The van der Waals surface area contributed by atoms with Crippen LogP contribution in [0.4, 0.5) is 10.5 Å². The van der Waals surface area contributed by atoms with Crippen molar-refractivity contribution in [1.29, 1.82) is 0 Å². The summed E-state index contributed by atoms with van der Waals surface area (Å²) < 4.78 is 11.3. The summed E-state index contributed by atoms with van der Waals surface area (Å²) >= 11 is 0. The monoisotopic (exact) mass is 517 g/mol. The minimum Gasteiger partial charge on any atom is -0.496 e. The van der Waals surface area contributed by atoms with Gasteiger partial charge in [0.25, 0.3) is 11.8 Å². The van der Waals surface area contributed by atoms with E-state index < -0.39 is 17.8 Å². The molecule has 2 aromatic rings. The quantitative estimate of drug-likeness (QED) is 0.286. The predicted octanol–water partition coefficient (Wildman–Crippen LogP) is 4.58. The third-order valence-corrected chi connectivity index (χ3v) is 6.41. The molecule has 38 heavy (non-hydrogen) atoms. The summed E-state index contributed by atoms with van der Waals surface area (Å²) in [6.45, 7) is 1.83. The number of nitrogens with zero attached hydrogens (tertiary/aromatic N) is 1. The zero-order valence-corrected chi connectivity index (χ0v) is 21.5. The van der Waals surface area contributed by atoms with Crippen molar-refractivity contribution in [2.75, 3.05) is 19.0 Å². The van der Waals surface area contributed by atoms with Gasteiger partial charge in [-0.2, -0.15) is 0 Å². The molecular weight excluding hydrogens is 486 g/mol. The number of carbonyl (C=O) groups excluding carboxylic acids is 4. The Kier molecular flexibility index (Phi) is 8.58. The second kappa shape index (κ2) is 12.2. The lowest BCUT2D eigenvalue weighted by Crippen LogP contribution is -2.54. The lowest BCUT2D eigenvalue weighted by molar-refractivity contribution is -0.130. The molecular formula is C29H31N3O6. The van der Waals surface area contributed by atoms with Crippen LogP contribution in [-0.4, -0.2) is 42.3 Å². The van der Waals surface area contributed by atoms with Gasteiger partial charge < -0.3 is 14.8 Å². The molecule has 1 heterocycles. The molecule has 0 aromatic heterocycles. The number of carbonyl (C=O) groups is 4. The highest BCUT2D eigenvalue weighted by atomic mass is 16.5. The van der Waals surface area contributed by atoms with Crippen LogP contribution in [0.15, 0.2) is 59.7 Å². The molecule has 0 bridgehead atoms. The Morgan fingerprint density at radius 1 is 1.11 bits per heavy atom. The van der Waals surface area contributed by atoms with Crippen LogP contribution in [0.25, 0.3) is 6.08 Å². The smallest absolute Gasteiger partial charge is 0.331 e. The number of barbiturate groups is 1. The number of rotatable bonds is 9. The highest BCUT2D eigenvalue weighted by molar-refractivity contribution is 6.31. The summed E-state index contributed by atoms with van der Waals surface area (Å²) in [6.07, 6.45) is 8.52. The number of anilines is 1. The molecule has 0 radical (unpaired) electrons. The Labute approximate surface area is 221 Å². The first-order chi connectivity index (χ1) is 18.3. The van der Waals surface area contributed by atoms with Crippen molar-refractivity contribution in [3.05, 3.63) is 70.8 Å². The van der Waals surface area contributed by atoms with Gasteiger partial charge in [0.05, 0.1) is 7.11 Å². The Bertz CT molecular complexity index is 1300. The Hall–Kier alpha value is -4.40. The van der Waals surface area contributed by atoms with Crippen molar-refractivity contribution in [2.45, 2.75) is 45.6 Å². The fourth-order valence-corrected chi connectivity index (χ4v) is 4.45. The van der Waals surface area contributed by atoms with Crippen LogP contribution in [0.3, 0.4) is 0 Å². The molecule has 1 saturated heterocycles. The number of nitrogens with one attached hydrogen (secondary N) is 2. The molecule has 1 aliphatic carbocycles. The SMILES string of the molecule is COc1ccc(/C=C2/C(=O)NC(=O)N(CCC3=CCCCC3)C2=O)cc1COc1ccc(NC(C)=O)cc1. The van der Waals surface area contributed by atoms with Crippen LogP contribution in [0, 0.1) is 0 Å². The van der Waals surface area contributed by atoms with E-state index in [4.69, 9.17) is 9.47 Å². The molecule has 5 amide bonds. The summed E-state index contributed by atoms with van der Waals surface area (Å²) in [4.78, 5) is 50.4. The van der Waals surface area contributed by atoms with E-state index in [9.17, 15) is 19.2 Å². The molecule has 2 aromatic carbocycles. The maximum absolute atomic E-state index is 13.1. The van der Waals surface area contributed by atoms with Gasteiger partial charge in [-0.05, 0) is 80.1 Å². The number of ether oxygens (including phenoxy) is 2. The van der Waals surface area contributed by atoms with Crippen molar-refractivity contribution in [3.8, 4) is 11.5 Å². The number of amides is 5. The first kappa shape index (κ1) is 26.7. The summed E-state index contributed by atoms with van der Waals surface area (Å²) in [5.41, 5.74) is 3.09. The first-order valence-electron chi connectivity index (χ1n) is 12.6. The van der Waals surface area contributed by atoms with Gasteiger partial charge in [-0.25, -0.2) is 4.79 Å². The normalized spacial score (nSPS) is 16.7. The van der Waals surface area contributed by atoms with Crippen molar-refractivity contribution in [3.63, 3.8) is 0 Å². The summed E-state index contributed by atoms with van der Waals surface area (Å²) in [6, 6.07) is 11.5. The second-order valence-corrected chi connectivity index (χ2v) is 9.20. The third-order valence-electron chi connectivity index (χ3n) is 6.41.